The van der Waals surface area contributed by atoms with Crippen LogP contribution in [0.15, 0.2) is 12.4 Å². The number of nitrogens with two attached hydrogens (primary N) is 1. The number of ketones is 1. The second kappa shape index (κ2) is 7.50. The number of likely N-dealkylation sites (tertiary alicyclic amines) is 1. The van der Waals surface area contributed by atoms with E-state index in [1.54, 1.807) is 6.20 Å². The van der Waals surface area contributed by atoms with Crippen molar-refractivity contribution in [2.45, 2.75) is 52.5 Å². The average molecular weight is 411 g/mol. The summed E-state index contributed by atoms with van der Waals surface area (Å²) in [6, 6.07) is 0.213. The number of carbonyl (C=O) groups is 2. The van der Waals surface area contributed by atoms with Crippen LogP contribution in [0.3, 0.4) is 0 Å². The summed E-state index contributed by atoms with van der Waals surface area (Å²) >= 11 is 0. The molecule has 0 unspecified atom stereocenters. The molecule has 0 radical (unpaired) electrons. The molecule has 1 aliphatic carbocycles. The molecule has 3 N–H and O–H groups in total. The van der Waals surface area contributed by atoms with E-state index in [-0.39, 0.29) is 22.9 Å². The first kappa shape index (κ1) is 20.5. The molecule has 0 spiro atoms. The van der Waals surface area contributed by atoms with E-state index in [9.17, 15) is 9.59 Å². The Hall–Kier alpha value is -2.74. The third kappa shape index (κ3) is 3.84. The minimum absolute atomic E-state index is 0.109. The fraction of sp³-hybridized carbons (Fsp3) is 0.545. The Balaban J connectivity index is 1.73. The minimum atomic E-state index is -0.605. The maximum absolute atomic E-state index is 12.7. The lowest BCUT2D eigenvalue weighted by Gasteiger charge is -2.30. The number of primary amides is 1. The Labute approximate surface area is 176 Å². The number of nitrogens with one attached hydrogen (secondary N) is 1. The third-order valence-electron chi connectivity index (χ3n) is 6.16. The van der Waals surface area contributed by atoms with Gasteiger partial charge in [0.1, 0.15) is 0 Å². The molecule has 8 nitrogen and oxygen atoms in total. The molecule has 2 aromatic rings. The van der Waals surface area contributed by atoms with Crippen molar-refractivity contribution >= 4 is 17.5 Å². The van der Waals surface area contributed by atoms with Gasteiger partial charge in [-0.2, -0.15) is 0 Å². The van der Waals surface area contributed by atoms with Crippen molar-refractivity contribution in [2.75, 3.05) is 25.5 Å². The van der Waals surface area contributed by atoms with Crippen LogP contribution >= 0.6 is 0 Å². The summed E-state index contributed by atoms with van der Waals surface area (Å²) in [7, 11) is 2.10. The quantitative estimate of drug-likeness (QED) is 0.801. The molecule has 1 amide bonds. The number of rotatable bonds is 4. The molecule has 1 aliphatic heterocycles. The van der Waals surface area contributed by atoms with Crippen molar-refractivity contribution < 1.29 is 9.59 Å². The molecule has 0 atom stereocenters. The summed E-state index contributed by atoms with van der Waals surface area (Å²) in [5, 5.41) is 3.39. The van der Waals surface area contributed by atoms with Crippen molar-refractivity contribution in [3.63, 3.8) is 0 Å². The highest BCUT2D eigenvalue weighted by molar-refractivity contribution is 6.00. The Morgan fingerprint density at radius 1 is 1.27 bits per heavy atom. The van der Waals surface area contributed by atoms with E-state index in [4.69, 9.17) is 10.7 Å². The number of amides is 1. The van der Waals surface area contributed by atoms with Gasteiger partial charge in [-0.15, -0.1) is 0 Å². The number of aromatic nitrogens is 3. The molecule has 3 heterocycles. The summed E-state index contributed by atoms with van der Waals surface area (Å²) in [5.41, 5.74) is 8.29. The largest absolute Gasteiger partial charge is 0.365 e. The number of hydrogen-bond acceptors (Lipinski definition) is 6. The SMILES string of the molecule is Cc1cn(-c2cnc(C(N)=O)c(NC3CCN(C)CC3)n2)c2c1C(=O)CC(C)(C)C2. The molecule has 30 heavy (non-hydrogen) atoms. The normalized spacial score (nSPS) is 19.5. The third-order valence-corrected chi connectivity index (χ3v) is 6.16. The molecule has 8 heteroatoms. The van der Waals surface area contributed by atoms with Crippen LogP contribution in [0.5, 0.6) is 0 Å². The molecule has 1 saturated heterocycles. The lowest BCUT2D eigenvalue weighted by atomic mass is 9.75. The van der Waals surface area contributed by atoms with E-state index in [0.29, 0.717) is 18.1 Å². The van der Waals surface area contributed by atoms with Gasteiger partial charge in [-0.25, -0.2) is 9.97 Å². The van der Waals surface area contributed by atoms with Gasteiger partial charge < -0.3 is 20.5 Å². The molecule has 0 bridgehead atoms. The van der Waals surface area contributed by atoms with Crippen molar-refractivity contribution in [3.05, 3.63) is 34.9 Å². The highest BCUT2D eigenvalue weighted by Gasteiger charge is 2.35. The van der Waals surface area contributed by atoms with E-state index in [1.165, 1.54) is 0 Å². The Kier molecular flexibility index (Phi) is 5.13. The average Bonchev–Trinajstić information content (AvgIpc) is 2.98. The molecule has 0 saturated carbocycles. The van der Waals surface area contributed by atoms with Crippen molar-refractivity contribution in [3.8, 4) is 5.82 Å². The van der Waals surface area contributed by atoms with E-state index < -0.39 is 5.91 Å². The van der Waals surface area contributed by atoms with Gasteiger partial charge >= 0.3 is 0 Å². The van der Waals surface area contributed by atoms with E-state index in [2.05, 4.69) is 36.1 Å². The molecule has 0 aromatic carbocycles. The predicted molar refractivity (Wildman–Crippen MR) is 115 cm³/mol. The van der Waals surface area contributed by atoms with Crippen LogP contribution in [-0.4, -0.2) is 57.3 Å². The molecule has 1 fully saturated rings. The predicted octanol–water partition coefficient (Wildman–Crippen LogP) is 2.34. The summed E-state index contributed by atoms with van der Waals surface area (Å²) in [6.45, 7) is 8.13. The monoisotopic (exact) mass is 410 g/mol. The second-order valence-electron chi connectivity index (χ2n) is 9.46. The summed E-state index contributed by atoms with van der Waals surface area (Å²) < 4.78 is 1.95. The summed E-state index contributed by atoms with van der Waals surface area (Å²) in [5.74, 6) is 0.566. The topological polar surface area (TPSA) is 106 Å². The van der Waals surface area contributed by atoms with Crippen LogP contribution < -0.4 is 11.1 Å². The van der Waals surface area contributed by atoms with Gasteiger partial charge in [0.15, 0.2) is 23.1 Å². The first-order chi connectivity index (χ1) is 14.1. The zero-order valence-corrected chi connectivity index (χ0v) is 18.2. The highest BCUT2D eigenvalue weighted by atomic mass is 16.1. The van der Waals surface area contributed by atoms with Crippen LogP contribution in [0, 0.1) is 12.3 Å². The van der Waals surface area contributed by atoms with Crippen LogP contribution in [0.25, 0.3) is 5.82 Å². The summed E-state index contributed by atoms with van der Waals surface area (Å²) in [4.78, 5) is 36.0. The minimum Gasteiger partial charge on any atom is -0.365 e. The number of nitrogens with zero attached hydrogens (tertiary/aromatic N) is 4. The van der Waals surface area contributed by atoms with Gasteiger partial charge in [0.2, 0.25) is 0 Å². The van der Waals surface area contributed by atoms with E-state index in [0.717, 1.165) is 49.2 Å². The number of piperidine rings is 1. The smallest absolute Gasteiger partial charge is 0.271 e. The van der Waals surface area contributed by atoms with Gasteiger partial charge in [0.05, 0.1) is 6.20 Å². The number of hydrogen-bond donors (Lipinski definition) is 2. The number of fused-ring (bicyclic) bond motifs is 1. The zero-order chi connectivity index (χ0) is 21.6. The van der Waals surface area contributed by atoms with Gasteiger partial charge in [-0.1, -0.05) is 13.8 Å². The maximum atomic E-state index is 12.7. The number of Topliss-reactive ketones (excluding diaryl/α,β-unsaturated/α-hetero) is 1. The number of anilines is 1. The standard InChI is InChI=1S/C22H30N6O2/c1-13-12-28(15-9-22(2,3)10-16(29)18(13)15)17-11-24-19(20(23)30)21(26-17)25-14-5-7-27(4)8-6-14/h11-12,14H,5-10H2,1-4H3,(H2,23,30)(H,25,26). The maximum Gasteiger partial charge on any atom is 0.271 e. The number of aryl methyl sites for hydroxylation is 1. The molecule has 4 rings (SSSR count). The molecular weight excluding hydrogens is 380 g/mol. The fourth-order valence-corrected chi connectivity index (χ4v) is 4.60. The number of carbonyl (C=O) groups excluding carboxylic acids is 2. The van der Waals surface area contributed by atoms with Crippen molar-refractivity contribution in [2.24, 2.45) is 11.1 Å². The lowest BCUT2D eigenvalue weighted by molar-refractivity contribution is 0.0909. The molecule has 2 aromatic heterocycles. The molecule has 160 valence electrons. The Morgan fingerprint density at radius 2 is 1.97 bits per heavy atom. The Bertz CT molecular complexity index is 1000. The first-order valence-corrected chi connectivity index (χ1v) is 10.5. The van der Waals surface area contributed by atoms with E-state index in [1.807, 2.05) is 17.7 Å². The van der Waals surface area contributed by atoms with Gasteiger partial charge in [0.25, 0.3) is 5.91 Å². The van der Waals surface area contributed by atoms with Crippen LogP contribution in [0.4, 0.5) is 5.82 Å². The highest BCUT2D eigenvalue weighted by Crippen LogP contribution is 2.37. The van der Waals surface area contributed by atoms with Gasteiger partial charge in [-0.05, 0) is 57.3 Å². The van der Waals surface area contributed by atoms with E-state index >= 15 is 0 Å². The van der Waals surface area contributed by atoms with Crippen LogP contribution in [-0.2, 0) is 6.42 Å². The fourth-order valence-electron chi connectivity index (χ4n) is 4.60. The summed E-state index contributed by atoms with van der Waals surface area (Å²) in [6.07, 6.45) is 6.74. The Morgan fingerprint density at radius 3 is 2.63 bits per heavy atom. The molecular formula is C22H30N6O2. The van der Waals surface area contributed by atoms with Crippen LogP contribution in [0.1, 0.15) is 65.2 Å². The lowest BCUT2D eigenvalue weighted by Crippen LogP contribution is -2.37. The molecule has 2 aliphatic rings. The first-order valence-electron chi connectivity index (χ1n) is 10.5. The van der Waals surface area contributed by atoms with Crippen LogP contribution in [0.2, 0.25) is 0 Å². The second-order valence-corrected chi connectivity index (χ2v) is 9.46. The van der Waals surface area contributed by atoms with Gasteiger partial charge in [-0.3, -0.25) is 9.59 Å². The van der Waals surface area contributed by atoms with Crippen molar-refractivity contribution in [1.29, 1.82) is 0 Å². The van der Waals surface area contributed by atoms with Crippen molar-refractivity contribution in [1.82, 2.24) is 19.4 Å². The zero-order valence-electron chi connectivity index (χ0n) is 18.2. The van der Waals surface area contributed by atoms with Gasteiger partial charge in [0, 0.05) is 29.9 Å².